The van der Waals surface area contributed by atoms with E-state index < -0.39 is 22.1 Å². The van der Waals surface area contributed by atoms with E-state index in [0.717, 1.165) is 21.6 Å². The quantitative estimate of drug-likeness (QED) is 0.597. The highest BCUT2D eigenvalue weighted by atomic mass is 35.5. The Kier molecular flexibility index (Phi) is 5.64. The first kappa shape index (κ1) is 21.6. The van der Waals surface area contributed by atoms with Crippen LogP contribution in [-0.2, 0) is 14.4 Å². The van der Waals surface area contributed by atoms with E-state index in [9.17, 15) is 19.5 Å². The van der Waals surface area contributed by atoms with Gasteiger partial charge in [-0.2, -0.15) is 0 Å². The van der Waals surface area contributed by atoms with Crippen LogP contribution >= 0.6 is 57.8 Å². The van der Waals surface area contributed by atoms with E-state index in [1.54, 1.807) is 26.0 Å². The summed E-state index contributed by atoms with van der Waals surface area (Å²) in [5, 5.41) is 21.2. The highest BCUT2D eigenvalue weighted by Crippen LogP contribution is 2.58. The number of carbonyl (C=O) groups excluding carboxylic acids is 2. The van der Waals surface area contributed by atoms with Crippen LogP contribution in [0.25, 0.3) is 0 Å². The van der Waals surface area contributed by atoms with Crippen molar-refractivity contribution in [2.75, 3.05) is 0 Å². The van der Waals surface area contributed by atoms with Crippen LogP contribution in [0.1, 0.15) is 29.7 Å². The number of carbonyl (C=O) groups is 3. The number of hydrogen-bond donors (Lipinski definition) is 2. The molecule has 30 heavy (non-hydrogen) atoms. The molecule has 4 rings (SSSR count). The van der Waals surface area contributed by atoms with Gasteiger partial charge < -0.3 is 10.4 Å². The molecule has 2 aliphatic rings. The first-order valence-corrected chi connectivity index (χ1v) is 12.3. The van der Waals surface area contributed by atoms with Crippen molar-refractivity contribution in [3.05, 3.63) is 37.0 Å². The summed E-state index contributed by atoms with van der Waals surface area (Å²) in [5.41, 5.74) is -0.142. The SMILES string of the molecule is CC(=O)NC1(C)S[C@@H]2C(c3ccc(Cl)s3)C(=O)N2C(C(=O)O)=C1Sc1nnc(C)s1. The summed E-state index contributed by atoms with van der Waals surface area (Å²) < 4.78 is 1.09. The fourth-order valence-corrected chi connectivity index (χ4v) is 8.51. The van der Waals surface area contributed by atoms with E-state index >= 15 is 0 Å². The number of hydrogen-bond acceptors (Lipinski definition) is 9. The van der Waals surface area contributed by atoms with E-state index in [2.05, 4.69) is 15.5 Å². The zero-order chi connectivity index (χ0) is 21.8. The number of thioether (sulfide) groups is 2. The molecule has 3 atom stereocenters. The number of nitrogens with zero attached hydrogens (tertiary/aromatic N) is 3. The van der Waals surface area contributed by atoms with E-state index in [-0.39, 0.29) is 17.5 Å². The van der Waals surface area contributed by atoms with Crippen molar-refractivity contribution in [3.63, 3.8) is 0 Å². The Balaban J connectivity index is 1.82. The van der Waals surface area contributed by atoms with E-state index in [1.807, 2.05) is 0 Å². The highest BCUT2D eigenvalue weighted by molar-refractivity contribution is 8.08. The number of β-lactam (4-membered cyclic amide) rings is 1. The van der Waals surface area contributed by atoms with Crippen molar-refractivity contribution < 1.29 is 19.5 Å². The second-order valence-electron chi connectivity index (χ2n) is 6.72. The van der Waals surface area contributed by atoms with Crippen molar-refractivity contribution >= 4 is 75.6 Å². The lowest BCUT2D eigenvalue weighted by atomic mass is 9.94. The predicted molar refractivity (Wildman–Crippen MR) is 118 cm³/mol. The zero-order valence-electron chi connectivity index (χ0n) is 15.8. The number of amides is 2. The van der Waals surface area contributed by atoms with Gasteiger partial charge in [0.05, 0.1) is 9.24 Å². The Morgan fingerprint density at radius 1 is 1.33 bits per heavy atom. The molecule has 2 amide bonds. The number of carboxylic acid groups (broad SMARTS) is 1. The van der Waals surface area contributed by atoms with Crippen molar-refractivity contribution in [2.45, 2.75) is 41.3 Å². The number of rotatable bonds is 5. The van der Waals surface area contributed by atoms with Crippen LogP contribution in [0, 0.1) is 6.92 Å². The topological polar surface area (TPSA) is 112 Å². The van der Waals surface area contributed by atoms with Crippen LogP contribution in [0.5, 0.6) is 0 Å². The van der Waals surface area contributed by atoms with Gasteiger partial charge in [-0.3, -0.25) is 14.5 Å². The van der Waals surface area contributed by atoms with E-state index in [4.69, 9.17) is 11.6 Å². The van der Waals surface area contributed by atoms with Gasteiger partial charge in [0, 0.05) is 11.8 Å². The Labute approximate surface area is 193 Å². The fourth-order valence-electron chi connectivity index (χ4n) is 3.39. The lowest BCUT2D eigenvalue weighted by Gasteiger charge is -2.54. The number of aryl methyl sites for hydroxylation is 1. The number of fused-ring (bicyclic) bond motifs is 1. The molecule has 13 heteroatoms. The van der Waals surface area contributed by atoms with Gasteiger partial charge in [-0.1, -0.05) is 34.7 Å². The van der Waals surface area contributed by atoms with Gasteiger partial charge in [0.25, 0.3) is 0 Å². The van der Waals surface area contributed by atoms with Gasteiger partial charge >= 0.3 is 5.97 Å². The maximum Gasteiger partial charge on any atom is 0.353 e. The number of nitrogens with one attached hydrogen (secondary N) is 1. The normalized spacial score (nSPS) is 25.7. The molecule has 2 unspecified atom stereocenters. The molecule has 2 aliphatic heterocycles. The average molecular weight is 503 g/mol. The molecular weight excluding hydrogens is 488 g/mol. The summed E-state index contributed by atoms with van der Waals surface area (Å²) in [6.45, 7) is 4.91. The average Bonchev–Trinajstić information content (AvgIpc) is 3.24. The second kappa shape index (κ2) is 7.83. The molecule has 0 aliphatic carbocycles. The van der Waals surface area contributed by atoms with Crippen molar-refractivity contribution in [1.29, 1.82) is 0 Å². The minimum atomic E-state index is -1.24. The third-order valence-corrected chi connectivity index (χ3v) is 9.64. The van der Waals surface area contributed by atoms with Gasteiger partial charge in [0.1, 0.15) is 26.9 Å². The number of halogens is 1. The molecule has 8 nitrogen and oxygen atoms in total. The number of carboxylic acids is 1. The maximum atomic E-state index is 13.0. The van der Waals surface area contributed by atoms with Crippen LogP contribution in [0.15, 0.2) is 27.1 Å². The van der Waals surface area contributed by atoms with Crippen LogP contribution in [0.2, 0.25) is 4.34 Å². The summed E-state index contributed by atoms with van der Waals surface area (Å²) in [7, 11) is 0. The first-order chi connectivity index (χ1) is 14.1. The minimum absolute atomic E-state index is 0.142. The summed E-state index contributed by atoms with van der Waals surface area (Å²) >= 11 is 11.1. The Bertz CT molecular complexity index is 1100. The standard InChI is InChI=1S/C17H15ClN4O4S4/c1-6(23)19-17(3)12(29-16-21-20-7(2)27-16)11(15(25)26)22-13(24)10(14(22)30-17)8-4-5-9(18)28-8/h4-5,10,14H,1-3H3,(H,19,23)(H,25,26)/t10?,14-,17?/m1/s1. The molecular formula is C17H15ClN4O4S4. The number of aromatic nitrogens is 2. The first-order valence-electron chi connectivity index (χ1n) is 8.61. The van der Waals surface area contributed by atoms with Gasteiger partial charge in [-0.25, -0.2) is 4.79 Å². The Morgan fingerprint density at radius 3 is 2.60 bits per heavy atom. The molecule has 2 aromatic heterocycles. The van der Waals surface area contributed by atoms with E-state index in [0.29, 0.717) is 13.6 Å². The molecule has 158 valence electrons. The molecule has 0 radical (unpaired) electrons. The highest BCUT2D eigenvalue weighted by Gasteiger charge is 2.60. The molecule has 2 N–H and O–H groups in total. The van der Waals surface area contributed by atoms with Crippen LogP contribution < -0.4 is 5.32 Å². The number of aliphatic carboxylic acids is 1. The molecule has 2 aromatic rings. The van der Waals surface area contributed by atoms with Gasteiger partial charge in [0.2, 0.25) is 11.8 Å². The van der Waals surface area contributed by atoms with Crippen LogP contribution in [0.3, 0.4) is 0 Å². The van der Waals surface area contributed by atoms with Crippen molar-refractivity contribution in [3.8, 4) is 0 Å². The molecule has 1 saturated heterocycles. The van der Waals surface area contributed by atoms with E-state index in [1.165, 1.54) is 46.3 Å². The molecule has 0 saturated carbocycles. The van der Waals surface area contributed by atoms with Crippen molar-refractivity contribution in [1.82, 2.24) is 20.4 Å². The molecule has 4 heterocycles. The monoisotopic (exact) mass is 502 g/mol. The van der Waals surface area contributed by atoms with Gasteiger partial charge in [-0.15, -0.1) is 33.3 Å². The Hall–Kier alpha value is -1.60. The minimum Gasteiger partial charge on any atom is -0.477 e. The molecule has 1 fully saturated rings. The summed E-state index contributed by atoms with van der Waals surface area (Å²) in [6, 6.07) is 3.49. The number of thiophene rings is 1. The summed E-state index contributed by atoms with van der Waals surface area (Å²) in [5.74, 6) is -2.38. The van der Waals surface area contributed by atoms with Crippen LogP contribution in [-0.4, -0.2) is 48.2 Å². The maximum absolute atomic E-state index is 13.0. The second-order valence-corrected chi connectivity index (χ2v) is 12.4. The lowest BCUT2D eigenvalue weighted by Crippen LogP contribution is -2.64. The predicted octanol–water partition coefficient (Wildman–Crippen LogP) is 3.50. The lowest BCUT2D eigenvalue weighted by molar-refractivity contribution is -0.148. The molecule has 0 aromatic carbocycles. The largest absolute Gasteiger partial charge is 0.477 e. The zero-order valence-corrected chi connectivity index (χ0v) is 19.9. The van der Waals surface area contributed by atoms with Gasteiger partial charge in [0.15, 0.2) is 4.34 Å². The molecule has 0 spiro atoms. The Morgan fingerprint density at radius 2 is 2.07 bits per heavy atom. The fraction of sp³-hybridized carbons (Fsp3) is 0.353. The summed E-state index contributed by atoms with van der Waals surface area (Å²) in [4.78, 5) is 38.6. The molecule has 0 bridgehead atoms. The smallest absolute Gasteiger partial charge is 0.353 e. The third kappa shape index (κ3) is 3.64. The third-order valence-electron chi connectivity index (χ3n) is 4.50. The summed E-state index contributed by atoms with van der Waals surface area (Å²) in [6.07, 6.45) is 0. The van der Waals surface area contributed by atoms with Crippen LogP contribution in [0.4, 0.5) is 0 Å². The van der Waals surface area contributed by atoms with Gasteiger partial charge in [-0.05, 0) is 26.0 Å². The van der Waals surface area contributed by atoms with Crippen molar-refractivity contribution in [2.24, 2.45) is 0 Å².